The lowest BCUT2D eigenvalue weighted by Crippen LogP contribution is -2.35. The van der Waals surface area contributed by atoms with Crippen LogP contribution < -0.4 is 4.74 Å². The highest BCUT2D eigenvalue weighted by Crippen LogP contribution is 2.19. The van der Waals surface area contributed by atoms with Crippen molar-refractivity contribution in [2.45, 2.75) is 67.7 Å². The molecule has 0 unspecified atom stereocenters. The van der Waals surface area contributed by atoms with Gasteiger partial charge in [0, 0.05) is 19.3 Å². The number of benzene rings is 1. The van der Waals surface area contributed by atoms with Crippen LogP contribution in [0.3, 0.4) is 0 Å². The van der Waals surface area contributed by atoms with E-state index in [0.29, 0.717) is 0 Å². The number of nitrogens with zero attached hydrogens (tertiary/aromatic N) is 1. The Bertz CT molecular complexity index is 549. The van der Waals surface area contributed by atoms with E-state index in [1.165, 1.54) is 36.4 Å². The van der Waals surface area contributed by atoms with Crippen LogP contribution in [0.5, 0.6) is 5.75 Å². The van der Waals surface area contributed by atoms with Gasteiger partial charge in [-0.25, -0.2) is 0 Å². The molecule has 0 N–H and O–H groups in total. The summed E-state index contributed by atoms with van der Waals surface area (Å²) in [7, 11) is 0. The molecule has 0 spiro atoms. The topological polar surface area (TPSA) is 12.5 Å². The molecule has 3 heteroatoms. The Morgan fingerprint density at radius 3 is 2.11 bits per heavy atom. The minimum Gasteiger partial charge on any atom is -0.492 e. The Hall–Kier alpha value is -1.32. The third kappa shape index (κ3) is 10.9. The summed E-state index contributed by atoms with van der Waals surface area (Å²) in [5.41, 5.74) is 1.35. The number of hydrogen-bond acceptors (Lipinski definition) is 3. The van der Waals surface area contributed by atoms with Gasteiger partial charge >= 0.3 is 0 Å². The first-order valence-corrected chi connectivity index (χ1v) is 12.1. The fraction of sp³-hybridized carbons (Fsp3) is 0.600. The lowest BCUT2D eigenvalue weighted by atomic mass is 9.99. The summed E-state index contributed by atoms with van der Waals surface area (Å²) in [6.07, 6.45) is 3.68. The fourth-order valence-corrected chi connectivity index (χ4v) is 3.64. The summed E-state index contributed by atoms with van der Waals surface area (Å²) in [6, 6.07) is 12.9. The highest BCUT2D eigenvalue weighted by molar-refractivity contribution is 7.09. The van der Waals surface area contributed by atoms with Crippen molar-refractivity contribution in [2.24, 2.45) is 5.92 Å². The molecule has 1 aliphatic rings. The average molecular weight is 408 g/mol. The molecule has 0 aliphatic carbocycles. The molecule has 0 bridgehead atoms. The SMILES string of the molecule is CC.CC.CC.CC1CCN(CCOc2ccc(Cc3cccs3)cc2)CC1.[HH]. The second-order valence-electron chi connectivity index (χ2n) is 6.27. The van der Waals surface area contributed by atoms with Gasteiger partial charge in [0.2, 0.25) is 0 Å². The van der Waals surface area contributed by atoms with Crippen molar-refractivity contribution in [2.75, 3.05) is 26.2 Å². The summed E-state index contributed by atoms with van der Waals surface area (Å²) >= 11 is 1.81. The van der Waals surface area contributed by atoms with E-state index in [0.717, 1.165) is 31.2 Å². The third-order valence-corrected chi connectivity index (χ3v) is 5.31. The molecular formula is C25H45NOS. The second-order valence-corrected chi connectivity index (χ2v) is 7.30. The first-order valence-electron chi connectivity index (χ1n) is 11.3. The van der Waals surface area contributed by atoms with E-state index in [9.17, 15) is 0 Å². The monoisotopic (exact) mass is 407 g/mol. The van der Waals surface area contributed by atoms with Crippen LogP contribution >= 0.6 is 11.3 Å². The third-order valence-electron chi connectivity index (χ3n) is 4.43. The van der Waals surface area contributed by atoms with Crippen molar-refractivity contribution in [3.05, 3.63) is 52.2 Å². The number of rotatable bonds is 6. The predicted octanol–water partition coefficient (Wildman–Crippen LogP) is 7.77. The first-order chi connectivity index (χ1) is 13.8. The Labute approximate surface area is 180 Å². The summed E-state index contributed by atoms with van der Waals surface area (Å²) < 4.78 is 5.89. The summed E-state index contributed by atoms with van der Waals surface area (Å²) in [6.45, 7) is 18.6. The largest absolute Gasteiger partial charge is 0.492 e. The quantitative estimate of drug-likeness (QED) is 0.485. The zero-order valence-electron chi connectivity index (χ0n) is 19.3. The number of ether oxygens (including phenoxy) is 1. The van der Waals surface area contributed by atoms with E-state index < -0.39 is 0 Å². The molecule has 2 aromatic rings. The summed E-state index contributed by atoms with van der Waals surface area (Å²) in [4.78, 5) is 3.93. The first kappa shape index (κ1) is 26.7. The van der Waals surface area contributed by atoms with Crippen molar-refractivity contribution >= 4 is 11.3 Å². The molecule has 1 aromatic carbocycles. The van der Waals surface area contributed by atoms with E-state index in [4.69, 9.17) is 4.74 Å². The summed E-state index contributed by atoms with van der Waals surface area (Å²) in [5.74, 6) is 1.88. The van der Waals surface area contributed by atoms with Crippen LogP contribution in [-0.4, -0.2) is 31.1 Å². The lowest BCUT2D eigenvalue weighted by Gasteiger charge is -2.29. The van der Waals surface area contributed by atoms with Gasteiger partial charge in [-0.05, 0) is 61.0 Å². The minimum atomic E-state index is 0. The molecule has 0 amide bonds. The van der Waals surface area contributed by atoms with E-state index in [2.05, 4.69) is 53.6 Å². The van der Waals surface area contributed by atoms with Crippen LogP contribution in [0.4, 0.5) is 0 Å². The highest BCUT2D eigenvalue weighted by Gasteiger charge is 2.15. The highest BCUT2D eigenvalue weighted by atomic mass is 32.1. The normalized spacial score (nSPS) is 13.8. The maximum Gasteiger partial charge on any atom is 0.119 e. The van der Waals surface area contributed by atoms with Crippen molar-refractivity contribution < 1.29 is 6.16 Å². The number of likely N-dealkylation sites (tertiary alicyclic amines) is 1. The zero-order valence-corrected chi connectivity index (χ0v) is 20.1. The van der Waals surface area contributed by atoms with Crippen molar-refractivity contribution in [1.29, 1.82) is 0 Å². The van der Waals surface area contributed by atoms with Crippen molar-refractivity contribution in [1.82, 2.24) is 4.90 Å². The fourth-order valence-electron chi connectivity index (χ4n) is 2.90. The van der Waals surface area contributed by atoms with Crippen LogP contribution in [-0.2, 0) is 6.42 Å². The van der Waals surface area contributed by atoms with Gasteiger partial charge < -0.3 is 4.74 Å². The molecule has 1 aliphatic heterocycles. The van der Waals surface area contributed by atoms with Crippen molar-refractivity contribution in [3.8, 4) is 5.75 Å². The van der Waals surface area contributed by atoms with Gasteiger partial charge in [0.15, 0.2) is 0 Å². The summed E-state index contributed by atoms with van der Waals surface area (Å²) in [5, 5.41) is 2.13. The molecule has 0 saturated carbocycles. The lowest BCUT2D eigenvalue weighted by molar-refractivity contribution is 0.160. The Morgan fingerprint density at radius 2 is 1.57 bits per heavy atom. The number of thiophene rings is 1. The van der Waals surface area contributed by atoms with Crippen LogP contribution in [0.2, 0.25) is 0 Å². The van der Waals surface area contributed by atoms with Gasteiger partial charge in [-0.3, -0.25) is 4.90 Å². The number of hydrogen-bond donors (Lipinski definition) is 0. The van der Waals surface area contributed by atoms with E-state index in [1.807, 2.05) is 52.9 Å². The van der Waals surface area contributed by atoms with Crippen LogP contribution in [0.25, 0.3) is 0 Å². The molecule has 0 radical (unpaired) electrons. The Morgan fingerprint density at radius 1 is 0.964 bits per heavy atom. The molecular weight excluding hydrogens is 362 g/mol. The van der Waals surface area contributed by atoms with Gasteiger partial charge in [-0.2, -0.15) is 0 Å². The second kappa shape index (κ2) is 17.8. The van der Waals surface area contributed by atoms with Gasteiger partial charge in [-0.15, -0.1) is 11.3 Å². The molecule has 0 atom stereocenters. The standard InChI is InChI=1S/C19H25NOS.3C2H6.H2/c1-16-8-10-20(11-9-16)12-13-21-18-6-4-17(5-7-18)15-19-3-2-14-22-19;3*1-2;/h2-7,14,16H,8-13,15H2,1H3;3*1-2H3;1H. The maximum absolute atomic E-state index is 5.89. The molecule has 1 fully saturated rings. The molecule has 162 valence electrons. The van der Waals surface area contributed by atoms with E-state index in [1.54, 1.807) is 0 Å². The molecule has 3 rings (SSSR count). The van der Waals surface area contributed by atoms with E-state index in [-0.39, 0.29) is 1.43 Å². The van der Waals surface area contributed by atoms with Crippen molar-refractivity contribution in [3.63, 3.8) is 0 Å². The van der Waals surface area contributed by atoms with Crippen LogP contribution in [0, 0.1) is 5.92 Å². The Kier molecular flexibility index (Phi) is 16.9. The van der Waals surface area contributed by atoms with Gasteiger partial charge in [0.1, 0.15) is 12.4 Å². The molecule has 28 heavy (non-hydrogen) atoms. The smallest absolute Gasteiger partial charge is 0.119 e. The molecule has 2 nitrogen and oxygen atoms in total. The molecule has 2 heterocycles. The average Bonchev–Trinajstić information content (AvgIpc) is 3.28. The Balaban J connectivity index is 0. The number of piperidine rings is 1. The van der Waals surface area contributed by atoms with Crippen LogP contribution in [0.15, 0.2) is 41.8 Å². The zero-order chi connectivity index (χ0) is 21.2. The van der Waals surface area contributed by atoms with Gasteiger partial charge in [-0.1, -0.05) is 66.7 Å². The minimum absolute atomic E-state index is 0. The maximum atomic E-state index is 5.89. The van der Waals surface area contributed by atoms with Gasteiger partial charge in [0.05, 0.1) is 0 Å². The van der Waals surface area contributed by atoms with Gasteiger partial charge in [0.25, 0.3) is 0 Å². The molecule has 1 aromatic heterocycles. The van der Waals surface area contributed by atoms with Crippen LogP contribution in [0.1, 0.15) is 73.2 Å². The van der Waals surface area contributed by atoms with E-state index >= 15 is 0 Å². The predicted molar refractivity (Wildman–Crippen MR) is 130 cm³/mol. The molecule has 1 saturated heterocycles.